The zero-order chi connectivity index (χ0) is 18.7. The van der Waals surface area contributed by atoms with Crippen molar-refractivity contribution in [1.82, 2.24) is 20.2 Å². The maximum atomic E-state index is 12.6. The summed E-state index contributed by atoms with van der Waals surface area (Å²) in [5, 5.41) is 3.10. The van der Waals surface area contributed by atoms with E-state index in [1.807, 2.05) is 12.1 Å². The molecule has 2 heterocycles. The number of nitrogens with zero attached hydrogens (tertiary/aromatic N) is 3. The van der Waals surface area contributed by atoms with E-state index in [0.717, 1.165) is 24.2 Å². The predicted molar refractivity (Wildman–Crippen MR) is 101 cm³/mol. The van der Waals surface area contributed by atoms with Crippen LogP contribution in [0.1, 0.15) is 24.2 Å². The van der Waals surface area contributed by atoms with Crippen molar-refractivity contribution < 1.29 is 9.53 Å². The van der Waals surface area contributed by atoms with Gasteiger partial charge in [0.1, 0.15) is 0 Å². The Hall–Kier alpha value is -2.51. The number of nitrogens with two attached hydrogens (primary N) is 1. The monoisotopic (exact) mass is 355 g/mol. The molecule has 7 heteroatoms. The van der Waals surface area contributed by atoms with Crippen molar-refractivity contribution in [3.63, 3.8) is 0 Å². The molecule has 0 radical (unpaired) electrons. The van der Waals surface area contributed by atoms with Gasteiger partial charge in [0.25, 0.3) is 5.91 Å². The number of methoxy groups -OCH3 is 1. The molecule has 138 valence electrons. The van der Waals surface area contributed by atoms with E-state index in [9.17, 15) is 4.79 Å². The first-order chi connectivity index (χ1) is 12.5. The standard InChI is InChI=1S/C19H25N5O2/c1-12(2)24-10-16(17(11-24)26-3)23-18(25)14-6-4-13(5-7-14)15-8-21-19(20)22-9-15/h4-9,12,16-17H,10-11H2,1-3H3,(H,23,25)(H2,20,21,22). The first kappa shape index (κ1) is 18.3. The second-order valence-electron chi connectivity index (χ2n) is 6.81. The predicted octanol–water partition coefficient (Wildman–Crippen LogP) is 1.56. The number of benzene rings is 1. The number of nitrogen functional groups attached to an aromatic ring is 1. The molecule has 0 spiro atoms. The lowest BCUT2D eigenvalue weighted by molar-refractivity contribution is 0.0753. The maximum absolute atomic E-state index is 12.6. The van der Waals surface area contributed by atoms with Crippen LogP contribution >= 0.6 is 0 Å². The number of hydrogen-bond acceptors (Lipinski definition) is 6. The van der Waals surface area contributed by atoms with Gasteiger partial charge in [-0.05, 0) is 31.5 Å². The first-order valence-corrected chi connectivity index (χ1v) is 8.73. The molecule has 2 atom stereocenters. The minimum absolute atomic E-state index is 0.00699. The van der Waals surface area contributed by atoms with Gasteiger partial charge in [0, 0.05) is 49.8 Å². The molecule has 26 heavy (non-hydrogen) atoms. The van der Waals surface area contributed by atoms with Crippen LogP contribution in [0.3, 0.4) is 0 Å². The van der Waals surface area contributed by atoms with E-state index < -0.39 is 0 Å². The Kier molecular flexibility index (Phi) is 5.49. The quantitative estimate of drug-likeness (QED) is 0.845. The zero-order valence-electron chi connectivity index (χ0n) is 15.3. The van der Waals surface area contributed by atoms with Gasteiger partial charge < -0.3 is 15.8 Å². The highest BCUT2D eigenvalue weighted by Crippen LogP contribution is 2.20. The molecule has 1 aliphatic heterocycles. The molecule has 2 unspecified atom stereocenters. The van der Waals surface area contributed by atoms with Crippen LogP contribution < -0.4 is 11.1 Å². The van der Waals surface area contributed by atoms with E-state index in [1.54, 1.807) is 31.6 Å². The van der Waals surface area contributed by atoms with Gasteiger partial charge in [0.15, 0.2) is 0 Å². The van der Waals surface area contributed by atoms with Crippen molar-refractivity contribution >= 4 is 11.9 Å². The average molecular weight is 355 g/mol. The van der Waals surface area contributed by atoms with Crippen LogP contribution in [0, 0.1) is 0 Å². The number of ether oxygens (including phenoxy) is 1. The molecule has 1 saturated heterocycles. The Morgan fingerprint density at radius 3 is 2.42 bits per heavy atom. The molecule has 2 aromatic rings. The Labute approximate surface area is 153 Å². The summed E-state index contributed by atoms with van der Waals surface area (Å²) < 4.78 is 5.55. The maximum Gasteiger partial charge on any atom is 0.251 e. The highest BCUT2D eigenvalue weighted by molar-refractivity contribution is 5.95. The van der Waals surface area contributed by atoms with Gasteiger partial charge in [0.05, 0.1) is 12.1 Å². The Morgan fingerprint density at radius 2 is 1.85 bits per heavy atom. The summed E-state index contributed by atoms with van der Waals surface area (Å²) in [5.74, 6) is 0.146. The number of likely N-dealkylation sites (tertiary alicyclic amines) is 1. The van der Waals surface area contributed by atoms with Gasteiger partial charge in [-0.3, -0.25) is 9.69 Å². The van der Waals surface area contributed by atoms with Crippen LogP contribution in [0.5, 0.6) is 0 Å². The second kappa shape index (κ2) is 7.80. The number of anilines is 1. The van der Waals surface area contributed by atoms with E-state index in [-0.39, 0.29) is 24.0 Å². The third-order valence-corrected chi connectivity index (χ3v) is 4.80. The minimum atomic E-state index is -0.0947. The SMILES string of the molecule is COC1CN(C(C)C)CC1NC(=O)c1ccc(-c2cnc(N)nc2)cc1. The number of amides is 1. The lowest BCUT2D eigenvalue weighted by Gasteiger charge is -2.20. The summed E-state index contributed by atoms with van der Waals surface area (Å²) in [4.78, 5) is 22.9. The molecule has 0 aliphatic carbocycles. The summed E-state index contributed by atoms with van der Waals surface area (Å²) in [6, 6.07) is 7.78. The number of carbonyl (C=O) groups is 1. The number of rotatable bonds is 5. The summed E-state index contributed by atoms with van der Waals surface area (Å²) in [6.07, 6.45) is 3.34. The summed E-state index contributed by atoms with van der Waals surface area (Å²) >= 11 is 0. The number of hydrogen-bond donors (Lipinski definition) is 2. The molecule has 0 bridgehead atoms. The second-order valence-corrected chi connectivity index (χ2v) is 6.81. The highest BCUT2D eigenvalue weighted by Gasteiger charge is 2.35. The third-order valence-electron chi connectivity index (χ3n) is 4.80. The highest BCUT2D eigenvalue weighted by atomic mass is 16.5. The molecule has 1 aliphatic rings. The molecule has 7 nitrogen and oxygen atoms in total. The van der Waals surface area contributed by atoms with Gasteiger partial charge in [-0.1, -0.05) is 12.1 Å². The van der Waals surface area contributed by atoms with E-state index in [0.29, 0.717) is 11.6 Å². The fourth-order valence-corrected chi connectivity index (χ4v) is 3.16. The van der Waals surface area contributed by atoms with E-state index in [1.165, 1.54) is 0 Å². The topological polar surface area (TPSA) is 93.4 Å². The molecule has 3 rings (SSSR count). The van der Waals surface area contributed by atoms with Gasteiger partial charge >= 0.3 is 0 Å². The lowest BCUT2D eigenvalue weighted by atomic mass is 10.1. The summed E-state index contributed by atoms with van der Waals surface area (Å²) in [7, 11) is 1.69. The van der Waals surface area contributed by atoms with Crippen molar-refractivity contribution in [3.05, 3.63) is 42.2 Å². The fourth-order valence-electron chi connectivity index (χ4n) is 3.16. The molecule has 0 saturated carbocycles. The average Bonchev–Trinajstić information content (AvgIpc) is 3.05. The number of nitrogens with one attached hydrogen (secondary N) is 1. The van der Waals surface area contributed by atoms with Gasteiger partial charge in [0.2, 0.25) is 5.95 Å². The van der Waals surface area contributed by atoms with Crippen molar-refractivity contribution in [3.8, 4) is 11.1 Å². The smallest absolute Gasteiger partial charge is 0.251 e. The van der Waals surface area contributed by atoms with Crippen molar-refractivity contribution in [2.75, 3.05) is 25.9 Å². The van der Waals surface area contributed by atoms with Gasteiger partial charge in [-0.25, -0.2) is 9.97 Å². The molecule has 1 aromatic heterocycles. The first-order valence-electron chi connectivity index (χ1n) is 8.73. The number of carbonyl (C=O) groups excluding carboxylic acids is 1. The minimum Gasteiger partial charge on any atom is -0.378 e. The molecule has 1 fully saturated rings. The third kappa shape index (κ3) is 4.00. The fraction of sp³-hybridized carbons (Fsp3) is 0.421. The van der Waals surface area contributed by atoms with E-state index in [2.05, 4.69) is 34.0 Å². The summed E-state index contributed by atoms with van der Waals surface area (Å²) in [6.45, 7) is 5.92. The van der Waals surface area contributed by atoms with E-state index in [4.69, 9.17) is 10.5 Å². The largest absolute Gasteiger partial charge is 0.378 e. The van der Waals surface area contributed by atoms with Crippen molar-refractivity contribution in [2.45, 2.75) is 32.0 Å². The van der Waals surface area contributed by atoms with Crippen LogP contribution in [-0.4, -0.2) is 59.2 Å². The molecule has 3 N–H and O–H groups in total. The number of aromatic nitrogens is 2. The Balaban J connectivity index is 1.67. The lowest BCUT2D eigenvalue weighted by Crippen LogP contribution is -2.43. The zero-order valence-corrected chi connectivity index (χ0v) is 15.3. The molecular formula is C19H25N5O2. The molecule has 1 aromatic carbocycles. The van der Waals surface area contributed by atoms with Crippen LogP contribution in [0.2, 0.25) is 0 Å². The van der Waals surface area contributed by atoms with Crippen LogP contribution in [0.4, 0.5) is 5.95 Å². The van der Waals surface area contributed by atoms with Gasteiger partial charge in [-0.2, -0.15) is 0 Å². The molecular weight excluding hydrogens is 330 g/mol. The van der Waals surface area contributed by atoms with Crippen LogP contribution in [0.25, 0.3) is 11.1 Å². The van der Waals surface area contributed by atoms with Gasteiger partial charge in [-0.15, -0.1) is 0 Å². The summed E-state index contributed by atoms with van der Waals surface area (Å²) in [5.41, 5.74) is 7.91. The van der Waals surface area contributed by atoms with Crippen LogP contribution in [0.15, 0.2) is 36.7 Å². The van der Waals surface area contributed by atoms with E-state index >= 15 is 0 Å². The Bertz CT molecular complexity index is 746. The van der Waals surface area contributed by atoms with Crippen molar-refractivity contribution in [1.29, 1.82) is 0 Å². The van der Waals surface area contributed by atoms with Crippen molar-refractivity contribution in [2.24, 2.45) is 0 Å². The Morgan fingerprint density at radius 1 is 1.19 bits per heavy atom. The molecule has 1 amide bonds. The van der Waals surface area contributed by atoms with Crippen LogP contribution in [-0.2, 0) is 4.74 Å². The normalized spacial score (nSPS) is 20.5.